The van der Waals surface area contributed by atoms with Gasteiger partial charge in [-0.2, -0.15) is 0 Å². The van der Waals surface area contributed by atoms with Gasteiger partial charge in [0.15, 0.2) is 0 Å². The van der Waals surface area contributed by atoms with Gasteiger partial charge in [0, 0.05) is 0 Å². The summed E-state index contributed by atoms with van der Waals surface area (Å²) in [7, 11) is 0. The summed E-state index contributed by atoms with van der Waals surface area (Å²) in [6.45, 7) is 9.22. The van der Waals surface area contributed by atoms with E-state index < -0.39 is 0 Å². The second-order valence-corrected chi connectivity index (χ2v) is 12.5. The molecule has 34 heavy (non-hydrogen) atoms. The fourth-order valence-corrected chi connectivity index (χ4v) is 6.48. The molecule has 0 spiro atoms. The summed E-state index contributed by atoms with van der Waals surface area (Å²) in [6.07, 6.45) is 10.3. The molecular formula is C32H42O2. The highest BCUT2D eigenvalue weighted by Crippen LogP contribution is 2.53. The van der Waals surface area contributed by atoms with Crippen LogP contribution in [0, 0.1) is 23.7 Å². The van der Waals surface area contributed by atoms with Gasteiger partial charge in [0.05, 0.1) is 0 Å². The van der Waals surface area contributed by atoms with E-state index in [4.69, 9.17) is 0 Å². The summed E-state index contributed by atoms with van der Waals surface area (Å²) in [4.78, 5) is 0. The van der Waals surface area contributed by atoms with Crippen molar-refractivity contribution in [1.29, 1.82) is 0 Å². The van der Waals surface area contributed by atoms with Gasteiger partial charge in [0.25, 0.3) is 0 Å². The Morgan fingerprint density at radius 1 is 0.471 bits per heavy atom. The molecule has 2 aromatic carbocycles. The molecule has 4 fully saturated rings. The molecule has 6 rings (SSSR count). The van der Waals surface area contributed by atoms with Crippen LogP contribution in [0.1, 0.15) is 125 Å². The van der Waals surface area contributed by atoms with E-state index >= 15 is 0 Å². The first-order valence-electron chi connectivity index (χ1n) is 14.1. The smallest absolute Gasteiger partial charge is 0.122 e. The van der Waals surface area contributed by atoms with Crippen LogP contribution in [-0.4, -0.2) is 10.2 Å². The van der Waals surface area contributed by atoms with Crippen molar-refractivity contribution < 1.29 is 10.2 Å². The van der Waals surface area contributed by atoms with E-state index in [1.54, 1.807) is 0 Å². The number of hydrogen-bond acceptors (Lipinski definition) is 2. The van der Waals surface area contributed by atoms with Crippen molar-refractivity contribution in [3.05, 3.63) is 46.5 Å². The molecule has 2 N–H and O–H groups in total. The van der Waals surface area contributed by atoms with Crippen LogP contribution in [0.2, 0.25) is 0 Å². The molecule has 2 nitrogen and oxygen atoms in total. The van der Waals surface area contributed by atoms with Gasteiger partial charge < -0.3 is 10.2 Å². The standard InChI is InChI=1S/C32H42O2/c1-17(21-5-6-21)27-13-25(14-28(31(27)33)18(2)22-7-8-22)26-15-29(19(3)23-9-10-23)32(34)30(16-26)20(4)24-11-12-24/h13-24,33-34H,5-12H2,1-4H3/t17-,18-,19-,20-/m1/s1. The summed E-state index contributed by atoms with van der Waals surface area (Å²) in [5.74, 6) is 5.55. The first-order valence-corrected chi connectivity index (χ1v) is 14.1. The minimum absolute atomic E-state index is 0.400. The minimum Gasteiger partial charge on any atom is -0.507 e. The predicted octanol–water partition coefficient (Wildman–Crippen LogP) is 8.82. The average molecular weight is 459 g/mol. The maximum absolute atomic E-state index is 11.4. The van der Waals surface area contributed by atoms with Crippen molar-refractivity contribution in [3.8, 4) is 22.6 Å². The number of phenolic OH excluding ortho intramolecular Hbond substituents is 2. The zero-order valence-corrected chi connectivity index (χ0v) is 21.5. The van der Waals surface area contributed by atoms with E-state index in [-0.39, 0.29) is 0 Å². The maximum atomic E-state index is 11.4. The van der Waals surface area contributed by atoms with Crippen molar-refractivity contribution in [2.24, 2.45) is 23.7 Å². The molecule has 0 amide bonds. The van der Waals surface area contributed by atoms with Crippen LogP contribution < -0.4 is 0 Å². The fraction of sp³-hybridized carbons (Fsp3) is 0.625. The largest absolute Gasteiger partial charge is 0.507 e. The second kappa shape index (κ2) is 8.32. The second-order valence-electron chi connectivity index (χ2n) is 12.5. The van der Waals surface area contributed by atoms with Crippen LogP contribution in [0.25, 0.3) is 11.1 Å². The van der Waals surface area contributed by atoms with Gasteiger partial charge in [-0.05, 0) is 156 Å². The monoisotopic (exact) mass is 458 g/mol. The van der Waals surface area contributed by atoms with E-state index in [1.807, 2.05) is 0 Å². The van der Waals surface area contributed by atoms with Crippen LogP contribution >= 0.6 is 0 Å². The molecule has 4 aliphatic carbocycles. The lowest BCUT2D eigenvalue weighted by Crippen LogP contribution is -2.05. The van der Waals surface area contributed by atoms with Gasteiger partial charge in [-0.15, -0.1) is 0 Å². The van der Waals surface area contributed by atoms with Crippen molar-refractivity contribution in [3.63, 3.8) is 0 Å². The molecule has 2 aromatic rings. The zero-order valence-electron chi connectivity index (χ0n) is 21.5. The topological polar surface area (TPSA) is 40.5 Å². The van der Waals surface area contributed by atoms with Gasteiger partial charge in [-0.1, -0.05) is 27.7 Å². The third kappa shape index (κ3) is 4.16. The van der Waals surface area contributed by atoms with Crippen LogP contribution in [0.3, 0.4) is 0 Å². The molecule has 0 heterocycles. The molecule has 182 valence electrons. The molecule has 2 heteroatoms. The van der Waals surface area contributed by atoms with E-state index in [0.717, 1.165) is 22.3 Å². The van der Waals surface area contributed by atoms with Crippen LogP contribution in [0.15, 0.2) is 24.3 Å². The average Bonchev–Trinajstić information content (AvgIpc) is 3.68. The fourth-order valence-electron chi connectivity index (χ4n) is 6.48. The van der Waals surface area contributed by atoms with Crippen molar-refractivity contribution in [2.45, 2.75) is 103 Å². The molecule has 0 bridgehead atoms. The van der Waals surface area contributed by atoms with Crippen LogP contribution in [0.5, 0.6) is 11.5 Å². The Morgan fingerprint density at radius 2 is 0.676 bits per heavy atom. The predicted molar refractivity (Wildman–Crippen MR) is 140 cm³/mol. The molecule has 4 aliphatic rings. The van der Waals surface area contributed by atoms with Gasteiger partial charge in [-0.25, -0.2) is 0 Å². The Balaban J connectivity index is 1.49. The summed E-state index contributed by atoms with van der Waals surface area (Å²) in [5.41, 5.74) is 7.04. The number of phenols is 2. The summed E-state index contributed by atoms with van der Waals surface area (Å²) in [5, 5.41) is 22.8. The van der Waals surface area contributed by atoms with E-state index in [0.29, 0.717) is 58.8 Å². The maximum Gasteiger partial charge on any atom is 0.122 e. The van der Waals surface area contributed by atoms with Gasteiger partial charge >= 0.3 is 0 Å². The summed E-state index contributed by atoms with van der Waals surface area (Å²) >= 11 is 0. The molecule has 4 atom stereocenters. The summed E-state index contributed by atoms with van der Waals surface area (Å²) < 4.78 is 0. The summed E-state index contributed by atoms with van der Waals surface area (Å²) in [6, 6.07) is 9.13. The molecule has 0 radical (unpaired) electrons. The Morgan fingerprint density at radius 3 is 0.853 bits per heavy atom. The Hall–Kier alpha value is -1.96. The SMILES string of the molecule is C[C@@H](c1cc(-c2cc([C@H](C)C3CC3)c(O)c([C@H](C)C3CC3)c2)cc([C@H](C)C2CC2)c1O)C1CC1. The molecule has 0 aliphatic heterocycles. The van der Waals surface area contributed by atoms with Crippen LogP contribution in [0.4, 0.5) is 0 Å². The van der Waals surface area contributed by atoms with Crippen molar-refractivity contribution >= 4 is 0 Å². The minimum atomic E-state index is 0.400. The first kappa shape index (κ1) is 22.5. The lowest BCUT2D eigenvalue weighted by Gasteiger charge is -2.24. The Bertz CT molecular complexity index is 919. The number of benzene rings is 2. The third-order valence-electron chi connectivity index (χ3n) is 9.95. The lowest BCUT2D eigenvalue weighted by molar-refractivity contribution is 0.442. The van der Waals surface area contributed by atoms with Gasteiger partial charge in [0.2, 0.25) is 0 Å². The Kier molecular flexibility index (Phi) is 5.50. The third-order valence-corrected chi connectivity index (χ3v) is 9.95. The highest BCUT2D eigenvalue weighted by Gasteiger charge is 2.37. The molecular weight excluding hydrogens is 416 g/mol. The Labute approximate surface area is 205 Å². The van der Waals surface area contributed by atoms with E-state index in [9.17, 15) is 10.2 Å². The molecule has 0 unspecified atom stereocenters. The van der Waals surface area contributed by atoms with Gasteiger partial charge in [0.1, 0.15) is 11.5 Å². The molecule has 0 aromatic heterocycles. The van der Waals surface area contributed by atoms with Crippen molar-refractivity contribution in [1.82, 2.24) is 0 Å². The number of hydrogen-bond donors (Lipinski definition) is 2. The van der Waals surface area contributed by atoms with Crippen LogP contribution in [-0.2, 0) is 0 Å². The molecule has 4 saturated carbocycles. The van der Waals surface area contributed by atoms with E-state index in [2.05, 4.69) is 52.0 Å². The van der Waals surface area contributed by atoms with E-state index in [1.165, 1.54) is 62.5 Å². The quantitative estimate of drug-likeness (QED) is 0.394. The highest BCUT2D eigenvalue weighted by atomic mass is 16.3. The van der Waals surface area contributed by atoms with Crippen molar-refractivity contribution in [2.75, 3.05) is 0 Å². The lowest BCUT2D eigenvalue weighted by atomic mass is 9.82. The first-order chi connectivity index (χ1) is 16.3. The molecule has 0 saturated heterocycles. The number of rotatable bonds is 9. The normalized spacial score (nSPS) is 24.0. The number of aromatic hydroxyl groups is 2. The van der Waals surface area contributed by atoms with Gasteiger partial charge in [-0.3, -0.25) is 0 Å². The zero-order chi connectivity index (χ0) is 23.7. The highest BCUT2D eigenvalue weighted by molar-refractivity contribution is 5.72.